The van der Waals surface area contributed by atoms with Crippen LogP contribution < -0.4 is 0 Å². The van der Waals surface area contributed by atoms with Gasteiger partial charge in [-0.1, -0.05) is 133 Å². The molecule has 0 heterocycles. The van der Waals surface area contributed by atoms with Crippen LogP contribution in [0.4, 0.5) is 0 Å². The molecule has 0 aliphatic carbocycles. The van der Waals surface area contributed by atoms with E-state index in [9.17, 15) is 0 Å². The van der Waals surface area contributed by atoms with Crippen molar-refractivity contribution in [1.29, 1.82) is 0 Å². The number of hydrogen-bond donors (Lipinski definition) is 0. The van der Waals surface area contributed by atoms with Gasteiger partial charge in [0.15, 0.2) is 0 Å². The lowest BCUT2D eigenvalue weighted by Crippen LogP contribution is -2.02. The van der Waals surface area contributed by atoms with Crippen LogP contribution in [-0.4, -0.2) is 0 Å². The van der Waals surface area contributed by atoms with Crippen molar-refractivity contribution in [3.8, 4) is 0 Å². The van der Waals surface area contributed by atoms with E-state index in [1.54, 1.807) is 0 Å². The molecule has 0 nitrogen and oxygen atoms in total. The van der Waals surface area contributed by atoms with Crippen molar-refractivity contribution in [2.45, 2.75) is 27.7 Å². The van der Waals surface area contributed by atoms with Gasteiger partial charge in [-0.15, -0.1) is 0 Å². The molecule has 4 aromatic carbocycles. The van der Waals surface area contributed by atoms with E-state index in [1.165, 1.54) is 0 Å². The van der Waals surface area contributed by atoms with Crippen LogP contribution in [-0.2, 0) is 0 Å². The third-order valence-corrected chi connectivity index (χ3v) is 6.50. The van der Waals surface area contributed by atoms with Gasteiger partial charge in [0.25, 0.3) is 0 Å². The monoisotopic (exact) mass is 468 g/mol. The minimum atomic E-state index is 0.523. The Morgan fingerprint density at radius 1 is 0.417 bits per heavy atom. The van der Waals surface area contributed by atoms with E-state index >= 15 is 0 Å². The lowest BCUT2D eigenvalue weighted by atomic mass is 9.78. The molecule has 36 heavy (non-hydrogen) atoms. The Kier molecular flexibility index (Phi) is 7.44. The summed E-state index contributed by atoms with van der Waals surface area (Å²) in [6.45, 7) is 7.78. The molecule has 178 valence electrons. The second-order valence-corrected chi connectivity index (χ2v) is 8.71. The van der Waals surface area contributed by atoms with Crippen molar-refractivity contribution in [2.24, 2.45) is 0 Å². The van der Waals surface area contributed by atoms with Crippen LogP contribution in [0, 0.1) is 0 Å². The van der Waals surface area contributed by atoms with Crippen molar-refractivity contribution in [3.05, 3.63) is 167 Å². The maximum Gasteiger partial charge on any atom is 0.0576 e. The second-order valence-electron chi connectivity index (χ2n) is 8.71. The van der Waals surface area contributed by atoms with Gasteiger partial charge < -0.3 is 0 Å². The zero-order valence-corrected chi connectivity index (χ0v) is 21.5. The van der Waals surface area contributed by atoms with Crippen LogP contribution >= 0.6 is 0 Å². The highest BCUT2D eigenvalue weighted by Crippen LogP contribution is 2.46. The number of hydrogen-bond acceptors (Lipinski definition) is 0. The van der Waals surface area contributed by atoms with Crippen molar-refractivity contribution in [1.82, 2.24) is 0 Å². The average molecular weight is 469 g/mol. The van der Waals surface area contributed by atoms with Crippen LogP contribution in [0.5, 0.6) is 0 Å². The molecule has 0 spiro atoms. The van der Waals surface area contributed by atoms with Crippen LogP contribution in [0.1, 0.15) is 52.7 Å². The number of allylic oxidation sites excluding steroid dienone is 8. The van der Waals surface area contributed by atoms with E-state index in [4.69, 9.17) is 2.74 Å². The Labute approximate surface area is 219 Å². The molecule has 0 aromatic heterocycles. The number of benzene rings is 4. The predicted octanol–water partition coefficient (Wildman–Crippen LogP) is 10.1. The van der Waals surface area contributed by atoms with E-state index in [-0.39, 0.29) is 0 Å². The highest BCUT2D eigenvalue weighted by atomic mass is 14.3. The van der Waals surface area contributed by atoms with Crippen LogP contribution in [0.3, 0.4) is 0 Å². The fraction of sp³-hybridized carbons (Fsp3) is 0.111. The summed E-state index contributed by atoms with van der Waals surface area (Å²) in [7, 11) is 0. The topological polar surface area (TPSA) is 0 Å². The van der Waals surface area contributed by atoms with Gasteiger partial charge in [0.05, 0.1) is 2.74 Å². The Hall–Kier alpha value is -4.16. The molecule has 4 aromatic rings. The lowest BCUT2D eigenvalue weighted by Gasteiger charge is -2.25. The standard InChI is InChI=1S/C36H34/c1-5-27(3)33(29-19-11-7-12-20-29)35(31-23-15-9-16-24-31)36(32-25-17-10-18-26-32)34(28(4)6-2)30-21-13-8-14-22-30/h5-26H,1-4H3/b27-5-,28-6+,35-33+,36-34-/i5D,6D. The smallest absolute Gasteiger partial charge is 0.0576 e. The summed E-state index contributed by atoms with van der Waals surface area (Å²) in [5.41, 5.74) is 10.2. The van der Waals surface area contributed by atoms with E-state index in [1.807, 2.05) is 76.2 Å². The summed E-state index contributed by atoms with van der Waals surface area (Å²) >= 11 is 0. The Bertz CT molecular complexity index is 1380. The van der Waals surface area contributed by atoms with Crippen LogP contribution in [0.2, 0.25) is 0 Å². The molecule has 0 heteroatoms. The molecular weight excluding hydrogens is 432 g/mol. The summed E-state index contributed by atoms with van der Waals surface area (Å²) in [6.07, 6.45) is 0. The maximum atomic E-state index is 8.68. The first kappa shape index (κ1) is 22.3. The van der Waals surface area contributed by atoms with Gasteiger partial charge in [-0.3, -0.25) is 0 Å². The summed E-state index contributed by atoms with van der Waals surface area (Å²) in [5.74, 6) is 0. The third kappa shape index (κ3) is 5.39. The fourth-order valence-corrected chi connectivity index (χ4v) is 4.59. The Balaban J connectivity index is 2.35. The molecule has 0 N–H and O–H groups in total. The molecule has 4 rings (SSSR count). The molecule has 0 bridgehead atoms. The minimum absolute atomic E-state index is 0.523. The van der Waals surface area contributed by atoms with E-state index < -0.39 is 0 Å². The summed E-state index contributed by atoms with van der Waals surface area (Å²) in [4.78, 5) is 0. The van der Waals surface area contributed by atoms with Gasteiger partial charge in [-0.2, -0.15) is 0 Å². The molecule has 0 aliphatic heterocycles. The van der Waals surface area contributed by atoms with E-state index in [0.29, 0.717) is 12.1 Å². The van der Waals surface area contributed by atoms with Crippen molar-refractivity contribution >= 4 is 22.3 Å². The first-order valence-corrected chi connectivity index (χ1v) is 12.4. The summed E-state index contributed by atoms with van der Waals surface area (Å²) in [6, 6.07) is 42.7. The first-order valence-electron chi connectivity index (χ1n) is 13.4. The average Bonchev–Trinajstić information content (AvgIpc) is 2.96. The molecule has 0 saturated heterocycles. The quantitative estimate of drug-likeness (QED) is 0.187. The van der Waals surface area contributed by atoms with Crippen LogP contribution in [0.15, 0.2) is 145 Å². The lowest BCUT2D eigenvalue weighted by molar-refractivity contribution is 1.44. The highest BCUT2D eigenvalue weighted by molar-refractivity contribution is 6.25. The van der Waals surface area contributed by atoms with Gasteiger partial charge in [-0.05, 0) is 83.4 Å². The fourth-order valence-electron chi connectivity index (χ4n) is 4.59. The van der Waals surface area contributed by atoms with E-state index in [2.05, 4.69) is 72.8 Å². The Morgan fingerprint density at radius 3 is 0.861 bits per heavy atom. The number of rotatable bonds is 7. The van der Waals surface area contributed by atoms with Crippen LogP contribution in [0.25, 0.3) is 22.3 Å². The highest BCUT2D eigenvalue weighted by Gasteiger charge is 2.23. The molecular formula is C36H34. The zero-order chi connectivity index (χ0) is 27.1. The molecule has 0 atom stereocenters. The molecule has 0 fully saturated rings. The first-order chi connectivity index (χ1) is 18.4. The molecule has 0 unspecified atom stereocenters. The van der Waals surface area contributed by atoms with Gasteiger partial charge in [-0.25, -0.2) is 0 Å². The summed E-state index contributed by atoms with van der Waals surface area (Å²) in [5, 5.41) is 0. The second kappa shape index (κ2) is 12.0. The van der Waals surface area contributed by atoms with Crippen molar-refractivity contribution in [3.63, 3.8) is 0 Å². The normalized spacial score (nSPS) is 15.0. The molecule has 0 saturated carbocycles. The summed E-state index contributed by atoms with van der Waals surface area (Å²) < 4.78 is 17.4. The Morgan fingerprint density at radius 2 is 0.639 bits per heavy atom. The zero-order valence-electron chi connectivity index (χ0n) is 23.5. The predicted molar refractivity (Wildman–Crippen MR) is 158 cm³/mol. The van der Waals surface area contributed by atoms with Crippen molar-refractivity contribution in [2.75, 3.05) is 0 Å². The molecule has 0 radical (unpaired) electrons. The van der Waals surface area contributed by atoms with Gasteiger partial charge in [0, 0.05) is 0 Å². The molecule has 0 amide bonds. The van der Waals surface area contributed by atoms with Gasteiger partial charge in [0.2, 0.25) is 0 Å². The van der Waals surface area contributed by atoms with Gasteiger partial charge in [0.1, 0.15) is 0 Å². The van der Waals surface area contributed by atoms with E-state index in [0.717, 1.165) is 55.7 Å². The van der Waals surface area contributed by atoms with Gasteiger partial charge >= 0.3 is 0 Å². The largest absolute Gasteiger partial charge is 0.0841 e. The third-order valence-electron chi connectivity index (χ3n) is 6.50. The minimum Gasteiger partial charge on any atom is -0.0841 e. The van der Waals surface area contributed by atoms with Crippen molar-refractivity contribution < 1.29 is 2.74 Å². The SMILES string of the molecule is [2H]/C(C)=C(C)/C(=C(\C(=C(\C(C)=C(/[2H])C)c1ccccc1)c1ccccc1)c1ccccc1)c1ccccc1. The maximum absolute atomic E-state index is 8.68. The molecule has 0 aliphatic rings.